The number of nitro groups is 1. The molecule has 9 heteroatoms. The van der Waals surface area contributed by atoms with Crippen LogP contribution in [0.4, 0.5) is 5.69 Å². The second-order valence-electron chi connectivity index (χ2n) is 4.02. The molecule has 0 aliphatic heterocycles. The molecule has 0 aliphatic rings. The summed E-state index contributed by atoms with van der Waals surface area (Å²) in [6.07, 6.45) is 4.13. The summed E-state index contributed by atoms with van der Waals surface area (Å²) in [6, 6.07) is 4.43. The molecule has 0 fully saturated rings. The van der Waals surface area contributed by atoms with Gasteiger partial charge in [-0.1, -0.05) is 53.5 Å². The van der Waals surface area contributed by atoms with Crippen molar-refractivity contribution < 1.29 is 4.92 Å². The molecular formula is C12H10Cl3N3O2S. The van der Waals surface area contributed by atoms with Crippen molar-refractivity contribution >= 4 is 52.3 Å². The lowest BCUT2D eigenvalue weighted by atomic mass is 10.2. The summed E-state index contributed by atoms with van der Waals surface area (Å²) in [6.45, 7) is 1.96. The normalized spacial score (nSPS) is 11.6. The number of thioether (sulfide) groups is 1. The zero-order chi connectivity index (χ0) is 15.6. The first kappa shape index (κ1) is 16.4. The van der Waals surface area contributed by atoms with Crippen LogP contribution in [0.25, 0.3) is 5.69 Å². The van der Waals surface area contributed by atoms with Crippen LogP contribution in [-0.2, 0) is 6.42 Å². The van der Waals surface area contributed by atoms with Crippen molar-refractivity contribution in [1.82, 2.24) is 9.55 Å². The standard InChI is InChI=1S/C12H10Cl3N3O2S/c1-2-11-16-5-6-17(11)9-4-3-8(18(19)20)7-10(9)21-12(13,14)15/h3-7H,2H2,1H3. The van der Waals surface area contributed by atoms with Crippen molar-refractivity contribution in [2.24, 2.45) is 0 Å². The number of nitrogens with zero attached hydrogens (tertiary/aromatic N) is 3. The minimum atomic E-state index is -1.61. The van der Waals surface area contributed by atoms with Gasteiger partial charge in [-0.2, -0.15) is 0 Å². The molecule has 0 N–H and O–H groups in total. The number of aromatic nitrogens is 2. The lowest BCUT2D eigenvalue weighted by molar-refractivity contribution is -0.385. The average Bonchev–Trinajstić information content (AvgIpc) is 2.84. The van der Waals surface area contributed by atoms with Gasteiger partial charge in [-0.25, -0.2) is 4.98 Å². The van der Waals surface area contributed by atoms with E-state index in [1.165, 1.54) is 12.1 Å². The second kappa shape index (κ2) is 6.44. The van der Waals surface area contributed by atoms with E-state index in [-0.39, 0.29) is 5.69 Å². The highest BCUT2D eigenvalue weighted by molar-refractivity contribution is 8.04. The Balaban J connectivity index is 2.57. The molecule has 2 aromatic rings. The number of benzene rings is 1. The van der Waals surface area contributed by atoms with Gasteiger partial charge in [0.05, 0.1) is 10.6 Å². The molecule has 0 spiro atoms. The molecule has 0 aliphatic carbocycles. The summed E-state index contributed by atoms with van der Waals surface area (Å²) in [4.78, 5) is 15.2. The van der Waals surface area contributed by atoms with Crippen molar-refractivity contribution in [2.75, 3.05) is 0 Å². The predicted molar refractivity (Wildman–Crippen MR) is 85.7 cm³/mol. The number of nitro benzene ring substituents is 1. The minimum absolute atomic E-state index is 0.0614. The molecule has 0 unspecified atom stereocenters. The monoisotopic (exact) mass is 365 g/mol. The first-order valence-electron chi connectivity index (χ1n) is 5.88. The molecule has 0 atom stereocenters. The number of non-ortho nitro benzene ring substituents is 1. The molecule has 112 valence electrons. The Morgan fingerprint density at radius 3 is 2.71 bits per heavy atom. The number of rotatable bonds is 4. The Morgan fingerprint density at radius 2 is 2.14 bits per heavy atom. The highest BCUT2D eigenvalue weighted by Crippen LogP contribution is 2.46. The molecular weight excluding hydrogens is 357 g/mol. The first-order valence-corrected chi connectivity index (χ1v) is 7.83. The van der Waals surface area contributed by atoms with Gasteiger partial charge >= 0.3 is 0 Å². The Kier molecular flexibility index (Phi) is 5.03. The minimum Gasteiger partial charge on any atom is -0.303 e. The van der Waals surface area contributed by atoms with Crippen LogP contribution >= 0.6 is 46.6 Å². The van der Waals surface area contributed by atoms with Crippen LogP contribution in [0, 0.1) is 10.1 Å². The van der Waals surface area contributed by atoms with E-state index in [1.54, 1.807) is 18.5 Å². The fourth-order valence-electron chi connectivity index (χ4n) is 1.84. The summed E-state index contributed by atoms with van der Waals surface area (Å²) in [5.41, 5.74) is 0.625. The van der Waals surface area contributed by atoms with Crippen molar-refractivity contribution in [3.05, 3.63) is 46.5 Å². The number of imidazole rings is 1. The highest BCUT2D eigenvalue weighted by Gasteiger charge is 2.25. The topological polar surface area (TPSA) is 61.0 Å². The van der Waals surface area contributed by atoms with Gasteiger partial charge in [0.15, 0.2) is 0 Å². The predicted octanol–water partition coefficient (Wildman–Crippen LogP) is 4.76. The first-order chi connectivity index (χ1) is 9.81. The Morgan fingerprint density at radius 1 is 1.43 bits per heavy atom. The Hall–Kier alpha value is -0.950. The lowest BCUT2D eigenvalue weighted by Crippen LogP contribution is -2.04. The van der Waals surface area contributed by atoms with Gasteiger partial charge in [-0.3, -0.25) is 10.1 Å². The van der Waals surface area contributed by atoms with E-state index in [4.69, 9.17) is 34.8 Å². The summed E-state index contributed by atoms with van der Waals surface area (Å²) in [5.74, 6) is 0.815. The average molecular weight is 367 g/mol. The number of hydrogen-bond acceptors (Lipinski definition) is 4. The zero-order valence-electron chi connectivity index (χ0n) is 10.8. The molecule has 1 aromatic carbocycles. The molecule has 21 heavy (non-hydrogen) atoms. The number of aryl methyl sites for hydroxylation is 1. The fraction of sp³-hybridized carbons (Fsp3) is 0.250. The van der Waals surface area contributed by atoms with Crippen LogP contribution < -0.4 is 0 Å². The third-order valence-corrected chi connectivity index (χ3v) is 4.15. The summed E-state index contributed by atoms with van der Waals surface area (Å²) < 4.78 is 0.208. The van der Waals surface area contributed by atoms with E-state index >= 15 is 0 Å². The third kappa shape index (κ3) is 4.03. The quantitative estimate of drug-likeness (QED) is 0.339. The number of hydrogen-bond donors (Lipinski definition) is 0. The van der Waals surface area contributed by atoms with E-state index in [0.29, 0.717) is 17.0 Å². The zero-order valence-corrected chi connectivity index (χ0v) is 13.9. The van der Waals surface area contributed by atoms with Gasteiger partial charge in [-0.15, -0.1) is 0 Å². The summed E-state index contributed by atoms with van der Waals surface area (Å²) >= 11 is 18.3. The van der Waals surface area contributed by atoms with E-state index in [9.17, 15) is 10.1 Å². The van der Waals surface area contributed by atoms with E-state index in [0.717, 1.165) is 17.6 Å². The molecule has 0 radical (unpaired) electrons. The van der Waals surface area contributed by atoms with Gasteiger partial charge in [0, 0.05) is 35.8 Å². The molecule has 5 nitrogen and oxygen atoms in total. The maximum atomic E-state index is 10.9. The van der Waals surface area contributed by atoms with Crippen LogP contribution in [0.3, 0.4) is 0 Å². The van der Waals surface area contributed by atoms with Crippen LogP contribution in [0.1, 0.15) is 12.7 Å². The van der Waals surface area contributed by atoms with Crippen molar-refractivity contribution in [3.8, 4) is 5.69 Å². The summed E-state index contributed by atoms with van der Waals surface area (Å²) in [7, 11) is 0. The molecule has 0 saturated carbocycles. The SMILES string of the molecule is CCc1nccn1-c1ccc([N+](=O)[O-])cc1SC(Cl)(Cl)Cl. The molecule has 0 amide bonds. The van der Waals surface area contributed by atoms with Crippen LogP contribution in [0.15, 0.2) is 35.5 Å². The number of alkyl halides is 3. The largest absolute Gasteiger partial charge is 0.303 e. The van der Waals surface area contributed by atoms with Crippen molar-refractivity contribution in [3.63, 3.8) is 0 Å². The smallest absolute Gasteiger partial charge is 0.270 e. The Bertz CT molecular complexity index is 670. The fourth-order valence-corrected chi connectivity index (χ4v) is 3.29. The second-order valence-corrected chi connectivity index (χ2v) is 8.23. The Labute approximate surface area is 140 Å². The van der Waals surface area contributed by atoms with Crippen molar-refractivity contribution in [2.45, 2.75) is 21.4 Å². The van der Waals surface area contributed by atoms with Gasteiger partial charge in [0.25, 0.3) is 5.69 Å². The van der Waals surface area contributed by atoms with E-state index in [2.05, 4.69) is 4.98 Å². The third-order valence-electron chi connectivity index (χ3n) is 2.67. The van der Waals surface area contributed by atoms with Gasteiger partial charge in [0.1, 0.15) is 5.82 Å². The lowest BCUT2D eigenvalue weighted by Gasteiger charge is -2.15. The van der Waals surface area contributed by atoms with Crippen molar-refractivity contribution in [1.29, 1.82) is 0 Å². The molecule has 0 bridgehead atoms. The van der Waals surface area contributed by atoms with Gasteiger partial charge in [0.2, 0.25) is 3.12 Å². The van der Waals surface area contributed by atoms with Crippen LogP contribution in [-0.4, -0.2) is 17.6 Å². The summed E-state index contributed by atoms with van der Waals surface area (Å²) in [5, 5.41) is 10.9. The van der Waals surface area contributed by atoms with Gasteiger partial charge in [-0.05, 0) is 6.07 Å². The maximum absolute atomic E-state index is 10.9. The number of halogens is 3. The van der Waals surface area contributed by atoms with E-state index < -0.39 is 8.05 Å². The maximum Gasteiger partial charge on any atom is 0.270 e. The molecule has 0 saturated heterocycles. The van der Waals surface area contributed by atoms with Crippen LogP contribution in [0.5, 0.6) is 0 Å². The molecule has 1 aromatic heterocycles. The van der Waals surface area contributed by atoms with E-state index in [1.807, 2.05) is 11.5 Å². The highest BCUT2D eigenvalue weighted by atomic mass is 35.6. The molecule has 1 heterocycles. The molecule has 2 rings (SSSR count). The van der Waals surface area contributed by atoms with Crippen LogP contribution in [0.2, 0.25) is 0 Å². The van der Waals surface area contributed by atoms with Gasteiger partial charge < -0.3 is 4.57 Å².